The van der Waals surface area contributed by atoms with E-state index < -0.39 is 0 Å². The fourth-order valence-electron chi connectivity index (χ4n) is 3.04. The van der Waals surface area contributed by atoms with E-state index in [-0.39, 0.29) is 0 Å². The van der Waals surface area contributed by atoms with Crippen LogP contribution in [0.2, 0.25) is 0 Å². The third kappa shape index (κ3) is 2.21. The first-order chi connectivity index (χ1) is 8.75. The van der Waals surface area contributed by atoms with Crippen molar-refractivity contribution in [3.05, 3.63) is 34.4 Å². The summed E-state index contributed by atoms with van der Waals surface area (Å²) in [7, 11) is 2.15. The molecule has 0 radical (unpaired) electrons. The van der Waals surface area contributed by atoms with Crippen LogP contribution in [0.3, 0.4) is 0 Å². The maximum atomic E-state index is 3.56. The number of hydrogen-bond acceptors (Lipinski definition) is 1. The lowest BCUT2D eigenvalue weighted by molar-refractivity contribution is 0.611. The van der Waals surface area contributed by atoms with Gasteiger partial charge in [-0.25, -0.2) is 0 Å². The first-order valence-electron chi connectivity index (χ1n) is 6.71. The summed E-state index contributed by atoms with van der Waals surface area (Å²) in [6.07, 6.45) is 6.18. The van der Waals surface area contributed by atoms with Crippen LogP contribution in [0, 0.1) is 0 Å². The zero-order valence-corrected chi connectivity index (χ0v) is 12.3. The predicted molar refractivity (Wildman–Crippen MR) is 80.1 cm³/mol. The topological polar surface area (TPSA) is 17.0 Å². The van der Waals surface area contributed by atoms with E-state index >= 15 is 0 Å². The van der Waals surface area contributed by atoms with Gasteiger partial charge >= 0.3 is 0 Å². The highest BCUT2D eigenvalue weighted by atomic mass is 79.9. The van der Waals surface area contributed by atoms with Gasteiger partial charge in [0.05, 0.1) is 0 Å². The molecule has 1 aliphatic heterocycles. The van der Waals surface area contributed by atoms with Crippen molar-refractivity contribution in [1.29, 1.82) is 0 Å². The van der Waals surface area contributed by atoms with Gasteiger partial charge in [-0.05, 0) is 56.0 Å². The molecule has 1 aromatic carbocycles. The third-order valence-corrected chi connectivity index (χ3v) is 4.49. The number of aromatic nitrogens is 1. The summed E-state index contributed by atoms with van der Waals surface area (Å²) < 4.78 is 3.42. The van der Waals surface area contributed by atoms with Crippen molar-refractivity contribution in [2.24, 2.45) is 7.05 Å². The van der Waals surface area contributed by atoms with E-state index in [2.05, 4.69) is 57.3 Å². The highest BCUT2D eigenvalue weighted by Gasteiger charge is 2.18. The maximum absolute atomic E-state index is 3.56. The summed E-state index contributed by atoms with van der Waals surface area (Å²) in [4.78, 5) is 0. The maximum Gasteiger partial charge on any atom is 0.0491 e. The summed E-state index contributed by atoms with van der Waals surface area (Å²) >= 11 is 3.56. The lowest BCUT2D eigenvalue weighted by Gasteiger charge is -2.12. The summed E-state index contributed by atoms with van der Waals surface area (Å²) in [5, 5.41) is 4.92. The van der Waals surface area contributed by atoms with Crippen molar-refractivity contribution in [1.82, 2.24) is 9.88 Å². The molecule has 0 amide bonds. The highest BCUT2D eigenvalue weighted by Crippen LogP contribution is 2.34. The molecule has 1 N–H and O–H groups in total. The smallest absolute Gasteiger partial charge is 0.0491 e. The molecule has 0 spiro atoms. The van der Waals surface area contributed by atoms with Crippen molar-refractivity contribution in [3.63, 3.8) is 0 Å². The summed E-state index contributed by atoms with van der Waals surface area (Å²) in [6, 6.07) is 6.63. The standard InChI is InChI=1S/C15H19BrN2/c1-18-10-14(11-3-2-7-17-8-6-11)13-5-4-12(16)9-15(13)18/h4-5,9-11,17H,2-3,6-8H2,1H3. The second kappa shape index (κ2) is 5.06. The van der Waals surface area contributed by atoms with Crippen molar-refractivity contribution in [2.75, 3.05) is 13.1 Å². The van der Waals surface area contributed by atoms with Crippen molar-refractivity contribution < 1.29 is 0 Å². The van der Waals surface area contributed by atoms with E-state index in [1.165, 1.54) is 42.3 Å². The SMILES string of the molecule is Cn1cc(C2CCCNCC2)c2ccc(Br)cc21. The molecule has 1 aromatic heterocycles. The van der Waals surface area contributed by atoms with Crippen LogP contribution >= 0.6 is 15.9 Å². The Morgan fingerprint density at radius 1 is 1.28 bits per heavy atom. The Bertz CT molecular complexity index is 551. The first kappa shape index (κ1) is 12.2. The molecule has 1 atom stereocenters. The minimum Gasteiger partial charge on any atom is -0.350 e. The number of halogens is 1. The van der Waals surface area contributed by atoms with Crippen LogP contribution in [0.1, 0.15) is 30.7 Å². The fraction of sp³-hybridized carbons (Fsp3) is 0.467. The molecule has 0 saturated carbocycles. The van der Waals surface area contributed by atoms with E-state index in [1.807, 2.05) is 0 Å². The quantitative estimate of drug-likeness (QED) is 0.848. The van der Waals surface area contributed by atoms with Crippen LogP contribution in [0.15, 0.2) is 28.9 Å². The lowest BCUT2D eigenvalue weighted by Crippen LogP contribution is -2.13. The normalized spacial score (nSPS) is 21.1. The molecule has 2 nitrogen and oxygen atoms in total. The van der Waals surface area contributed by atoms with E-state index in [9.17, 15) is 0 Å². The summed E-state index contributed by atoms with van der Waals surface area (Å²) in [6.45, 7) is 2.32. The number of nitrogens with one attached hydrogen (secondary N) is 1. The van der Waals surface area contributed by atoms with E-state index in [1.54, 1.807) is 0 Å². The Hall–Kier alpha value is -0.800. The molecule has 2 aromatic rings. The molecule has 96 valence electrons. The number of rotatable bonds is 1. The van der Waals surface area contributed by atoms with Gasteiger partial charge in [0.15, 0.2) is 0 Å². The molecule has 3 rings (SSSR count). The molecule has 1 unspecified atom stereocenters. The zero-order chi connectivity index (χ0) is 12.5. The molecule has 1 saturated heterocycles. The van der Waals surface area contributed by atoms with Gasteiger partial charge in [0, 0.05) is 28.6 Å². The van der Waals surface area contributed by atoms with Gasteiger partial charge in [0.2, 0.25) is 0 Å². The molecular weight excluding hydrogens is 288 g/mol. The molecule has 0 aliphatic carbocycles. The van der Waals surface area contributed by atoms with Crippen LogP contribution < -0.4 is 5.32 Å². The van der Waals surface area contributed by atoms with Crippen molar-refractivity contribution in [2.45, 2.75) is 25.2 Å². The van der Waals surface area contributed by atoms with Crippen LogP contribution in [0.5, 0.6) is 0 Å². The Labute approximate surface area is 116 Å². The highest BCUT2D eigenvalue weighted by molar-refractivity contribution is 9.10. The van der Waals surface area contributed by atoms with Gasteiger partial charge in [-0.2, -0.15) is 0 Å². The predicted octanol–water partition coefficient (Wildman–Crippen LogP) is 3.80. The van der Waals surface area contributed by atoms with E-state index in [0.29, 0.717) is 5.92 Å². The lowest BCUT2D eigenvalue weighted by atomic mass is 9.92. The van der Waals surface area contributed by atoms with E-state index in [4.69, 9.17) is 0 Å². The summed E-state index contributed by atoms with van der Waals surface area (Å²) in [5.74, 6) is 0.713. The number of fused-ring (bicyclic) bond motifs is 1. The molecular formula is C15H19BrN2. The van der Waals surface area contributed by atoms with E-state index in [0.717, 1.165) is 11.0 Å². The molecule has 1 fully saturated rings. The Balaban J connectivity index is 2.05. The van der Waals surface area contributed by atoms with Crippen molar-refractivity contribution >= 4 is 26.8 Å². The molecule has 1 aliphatic rings. The molecule has 3 heteroatoms. The van der Waals surface area contributed by atoms with Crippen LogP contribution in [0.4, 0.5) is 0 Å². The van der Waals surface area contributed by atoms with Crippen LogP contribution in [-0.4, -0.2) is 17.7 Å². The molecule has 2 heterocycles. The van der Waals surface area contributed by atoms with Gasteiger partial charge in [0.25, 0.3) is 0 Å². The monoisotopic (exact) mass is 306 g/mol. The van der Waals surface area contributed by atoms with Crippen LogP contribution in [-0.2, 0) is 7.05 Å². The Morgan fingerprint density at radius 3 is 3.06 bits per heavy atom. The van der Waals surface area contributed by atoms with Crippen LogP contribution in [0.25, 0.3) is 10.9 Å². The number of hydrogen-bond donors (Lipinski definition) is 1. The second-order valence-corrected chi connectivity index (χ2v) is 6.15. The minimum absolute atomic E-state index is 0.713. The Morgan fingerprint density at radius 2 is 2.17 bits per heavy atom. The number of nitrogens with zero attached hydrogens (tertiary/aromatic N) is 1. The summed E-state index contributed by atoms with van der Waals surface area (Å²) in [5.41, 5.74) is 2.86. The number of aryl methyl sites for hydroxylation is 1. The van der Waals surface area contributed by atoms with Gasteiger partial charge in [-0.15, -0.1) is 0 Å². The third-order valence-electron chi connectivity index (χ3n) is 4.00. The minimum atomic E-state index is 0.713. The van der Waals surface area contributed by atoms with Gasteiger partial charge in [0.1, 0.15) is 0 Å². The second-order valence-electron chi connectivity index (χ2n) is 5.23. The average molecular weight is 307 g/mol. The first-order valence-corrected chi connectivity index (χ1v) is 7.50. The fourth-order valence-corrected chi connectivity index (χ4v) is 3.39. The average Bonchev–Trinajstić information content (AvgIpc) is 2.58. The molecule has 18 heavy (non-hydrogen) atoms. The van der Waals surface area contributed by atoms with Gasteiger partial charge in [-0.1, -0.05) is 22.0 Å². The Kier molecular flexibility index (Phi) is 3.44. The van der Waals surface area contributed by atoms with Gasteiger partial charge < -0.3 is 9.88 Å². The van der Waals surface area contributed by atoms with Crippen molar-refractivity contribution in [3.8, 4) is 0 Å². The van der Waals surface area contributed by atoms with Gasteiger partial charge in [-0.3, -0.25) is 0 Å². The largest absolute Gasteiger partial charge is 0.350 e. The zero-order valence-electron chi connectivity index (χ0n) is 10.7. The number of benzene rings is 1. The molecule has 0 bridgehead atoms.